The zero-order valence-corrected chi connectivity index (χ0v) is 7.70. The van der Waals surface area contributed by atoms with E-state index in [-0.39, 0.29) is 0 Å². The van der Waals surface area contributed by atoms with E-state index in [0.717, 1.165) is 18.8 Å². The first-order valence-corrected chi connectivity index (χ1v) is 5.11. The maximum Gasteiger partial charge on any atom is 0.155 e. The molecule has 0 bridgehead atoms. The van der Waals surface area contributed by atoms with Gasteiger partial charge < -0.3 is 9.84 Å². The number of aliphatic hydroxyl groups excluding tert-OH is 1. The van der Waals surface area contributed by atoms with Crippen LogP contribution in [-0.2, 0) is 4.74 Å². The Morgan fingerprint density at radius 3 is 2.83 bits per heavy atom. The molecule has 1 unspecified atom stereocenters. The molecule has 1 aliphatic carbocycles. The summed E-state index contributed by atoms with van der Waals surface area (Å²) >= 11 is 0. The van der Waals surface area contributed by atoms with Crippen LogP contribution in [0.5, 0.6) is 0 Å². The van der Waals surface area contributed by atoms with Gasteiger partial charge in [-0.2, -0.15) is 0 Å². The maximum absolute atomic E-state index is 9.40. The van der Waals surface area contributed by atoms with E-state index in [0.29, 0.717) is 12.0 Å². The van der Waals surface area contributed by atoms with E-state index < -0.39 is 6.29 Å². The molecule has 0 amide bonds. The quantitative estimate of drug-likeness (QED) is 0.602. The van der Waals surface area contributed by atoms with E-state index in [1.165, 1.54) is 19.3 Å². The van der Waals surface area contributed by atoms with Crippen LogP contribution < -0.4 is 0 Å². The first-order valence-electron chi connectivity index (χ1n) is 5.11. The zero-order chi connectivity index (χ0) is 8.55. The van der Waals surface area contributed by atoms with Gasteiger partial charge in [0.1, 0.15) is 0 Å². The number of fused-ring (bicyclic) bond motifs is 1. The van der Waals surface area contributed by atoms with Crippen LogP contribution in [0.15, 0.2) is 0 Å². The number of ether oxygens (including phenoxy) is 1. The molecule has 0 aromatic rings. The minimum atomic E-state index is -0.487. The molecule has 1 N–H and O–H groups in total. The van der Waals surface area contributed by atoms with Crippen molar-refractivity contribution in [2.75, 3.05) is 0 Å². The molecule has 0 spiro atoms. The van der Waals surface area contributed by atoms with Crippen molar-refractivity contribution in [3.63, 3.8) is 0 Å². The topological polar surface area (TPSA) is 29.5 Å². The van der Waals surface area contributed by atoms with Crippen LogP contribution in [0.2, 0.25) is 0 Å². The van der Waals surface area contributed by atoms with Gasteiger partial charge in [-0.1, -0.05) is 19.8 Å². The fourth-order valence-corrected chi connectivity index (χ4v) is 2.70. The van der Waals surface area contributed by atoms with Crippen molar-refractivity contribution in [3.05, 3.63) is 0 Å². The van der Waals surface area contributed by atoms with Crippen LogP contribution in [0, 0.1) is 11.8 Å². The van der Waals surface area contributed by atoms with E-state index in [4.69, 9.17) is 4.74 Å². The molecule has 4 atom stereocenters. The second kappa shape index (κ2) is 3.35. The van der Waals surface area contributed by atoms with E-state index >= 15 is 0 Å². The van der Waals surface area contributed by atoms with Gasteiger partial charge in [0.05, 0.1) is 6.10 Å². The molecule has 0 aromatic heterocycles. The Hall–Kier alpha value is -0.0800. The lowest BCUT2D eigenvalue weighted by Crippen LogP contribution is -2.41. The molecule has 2 rings (SSSR count). The molecule has 2 aliphatic rings. The molecule has 0 radical (unpaired) electrons. The maximum atomic E-state index is 9.40. The van der Waals surface area contributed by atoms with E-state index in [9.17, 15) is 5.11 Å². The largest absolute Gasteiger partial charge is 0.368 e. The van der Waals surface area contributed by atoms with Crippen molar-refractivity contribution in [2.24, 2.45) is 11.8 Å². The lowest BCUT2D eigenvalue weighted by Gasteiger charge is -2.41. The van der Waals surface area contributed by atoms with Crippen LogP contribution in [0.3, 0.4) is 0 Å². The highest BCUT2D eigenvalue weighted by Crippen LogP contribution is 2.38. The lowest BCUT2D eigenvalue weighted by atomic mass is 9.75. The number of rotatable bonds is 0. The van der Waals surface area contributed by atoms with Crippen molar-refractivity contribution < 1.29 is 9.84 Å². The summed E-state index contributed by atoms with van der Waals surface area (Å²) in [6.45, 7) is 2.24. The van der Waals surface area contributed by atoms with Gasteiger partial charge in [0.2, 0.25) is 0 Å². The highest BCUT2D eigenvalue weighted by atomic mass is 16.6. The highest BCUT2D eigenvalue weighted by Gasteiger charge is 2.36. The molecule has 1 saturated heterocycles. The van der Waals surface area contributed by atoms with E-state index in [1.54, 1.807) is 0 Å². The fraction of sp³-hybridized carbons (Fsp3) is 1.00. The second-order valence-corrected chi connectivity index (χ2v) is 4.29. The van der Waals surface area contributed by atoms with Gasteiger partial charge in [0.15, 0.2) is 6.29 Å². The molecule has 70 valence electrons. The summed E-state index contributed by atoms with van der Waals surface area (Å²) in [7, 11) is 0. The third-order valence-electron chi connectivity index (χ3n) is 3.39. The van der Waals surface area contributed by atoms with Crippen LogP contribution >= 0.6 is 0 Å². The smallest absolute Gasteiger partial charge is 0.155 e. The van der Waals surface area contributed by atoms with Crippen LogP contribution in [-0.4, -0.2) is 17.5 Å². The van der Waals surface area contributed by atoms with Crippen molar-refractivity contribution in [3.8, 4) is 0 Å². The van der Waals surface area contributed by atoms with Crippen molar-refractivity contribution in [1.82, 2.24) is 0 Å². The Labute approximate surface area is 73.9 Å². The highest BCUT2D eigenvalue weighted by molar-refractivity contribution is 4.83. The molecule has 1 heterocycles. The summed E-state index contributed by atoms with van der Waals surface area (Å²) in [6.07, 6.45) is 5.80. The zero-order valence-electron chi connectivity index (χ0n) is 7.70. The van der Waals surface area contributed by atoms with Crippen molar-refractivity contribution in [2.45, 2.75) is 51.4 Å². The summed E-state index contributed by atoms with van der Waals surface area (Å²) in [5, 5.41) is 9.40. The standard InChI is InChI=1S/C10H18O2/c1-7-6-10(11)12-9-5-3-2-4-8(7)9/h7-11H,2-6H2,1H3/t7-,8+,9+,10?/m0/s1. The fourth-order valence-electron chi connectivity index (χ4n) is 2.70. The molecular formula is C10H18O2. The summed E-state index contributed by atoms with van der Waals surface area (Å²) in [6, 6.07) is 0. The minimum absolute atomic E-state index is 0.359. The predicted molar refractivity (Wildman–Crippen MR) is 46.6 cm³/mol. The minimum Gasteiger partial charge on any atom is -0.368 e. The van der Waals surface area contributed by atoms with Gasteiger partial charge >= 0.3 is 0 Å². The number of hydrogen-bond donors (Lipinski definition) is 1. The second-order valence-electron chi connectivity index (χ2n) is 4.29. The third-order valence-corrected chi connectivity index (χ3v) is 3.39. The first-order chi connectivity index (χ1) is 5.77. The number of hydrogen-bond acceptors (Lipinski definition) is 2. The monoisotopic (exact) mass is 170 g/mol. The predicted octanol–water partition coefficient (Wildman–Crippen LogP) is 1.92. The van der Waals surface area contributed by atoms with E-state index in [2.05, 4.69) is 6.92 Å². The SMILES string of the molecule is C[C@H]1CC(O)O[C@@H]2CCCC[C@H]12. The molecule has 12 heavy (non-hydrogen) atoms. The summed E-state index contributed by atoms with van der Waals surface area (Å²) < 4.78 is 5.52. The van der Waals surface area contributed by atoms with Gasteiger partial charge in [-0.25, -0.2) is 0 Å². The summed E-state index contributed by atoms with van der Waals surface area (Å²) in [4.78, 5) is 0. The summed E-state index contributed by atoms with van der Waals surface area (Å²) in [5.74, 6) is 1.38. The van der Waals surface area contributed by atoms with Gasteiger partial charge in [-0.15, -0.1) is 0 Å². The van der Waals surface area contributed by atoms with Gasteiger partial charge in [0.25, 0.3) is 0 Å². The molecule has 1 aliphatic heterocycles. The third kappa shape index (κ3) is 1.50. The van der Waals surface area contributed by atoms with Gasteiger partial charge in [-0.05, 0) is 24.7 Å². The van der Waals surface area contributed by atoms with E-state index in [1.807, 2.05) is 0 Å². The Morgan fingerprint density at radius 2 is 2.00 bits per heavy atom. The average molecular weight is 170 g/mol. The summed E-state index contributed by atoms with van der Waals surface area (Å²) in [5.41, 5.74) is 0. The molecule has 1 saturated carbocycles. The Morgan fingerprint density at radius 1 is 1.25 bits per heavy atom. The van der Waals surface area contributed by atoms with Crippen molar-refractivity contribution in [1.29, 1.82) is 0 Å². The first kappa shape index (κ1) is 8.52. The molecule has 2 nitrogen and oxygen atoms in total. The Balaban J connectivity index is 2.01. The normalized spacial score (nSPS) is 48.5. The lowest BCUT2D eigenvalue weighted by molar-refractivity contribution is -0.206. The molecule has 0 aromatic carbocycles. The van der Waals surface area contributed by atoms with Crippen molar-refractivity contribution >= 4 is 0 Å². The van der Waals surface area contributed by atoms with Crippen LogP contribution in [0.1, 0.15) is 39.0 Å². The van der Waals surface area contributed by atoms with Gasteiger partial charge in [0, 0.05) is 6.42 Å². The van der Waals surface area contributed by atoms with Crippen LogP contribution in [0.25, 0.3) is 0 Å². The number of aliphatic hydroxyl groups is 1. The molecule has 2 heteroatoms. The average Bonchev–Trinajstić information content (AvgIpc) is 2.04. The Kier molecular flexibility index (Phi) is 2.37. The molecule has 2 fully saturated rings. The Bertz CT molecular complexity index is 158. The van der Waals surface area contributed by atoms with Crippen LogP contribution in [0.4, 0.5) is 0 Å². The van der Waals surface area contributed by atoms with Gasteiger partial charge in [-0.3, -0.25) is 0 Å². The molecular weight excluding hydrogens is 152 g/mol.